The number of hydrogen-bond donors (Lipinski definition) is 1. The van der Waals surface area contributed by atoms with E-state index in [1.807, 2.05) is 18.4 Å². The molecule has 5 heteroatoms. The number of benzene rings is 1. The lowest BCUT2D eigenvalue weighted by Gasteiger charge is -2.31. The van der Waals surface area contributed by atoms with Gasteiger partial charge in [-0.2, -0.15) is 0 Å². The molecule has 0 spiro atoms. The largest absolute Gasteiger partial charge is 0.349 e. The van der Waals surface area contributed by atoms with Crippen LogP contribution in [-0.4, -0.2) is 24.1 Å². The Kier molecular flexibility index (Phi) is 6.70. The van der Waals surface area contributed by atoms with Gasteiger partial charge in [0, 0.05) is 16.8 Å². The number of alkyl halides is 1. The Balaban J connectivity index is 2.94. The predicted octanol–water partition coefficient (Wildman–Crippen LogP) is 4.84. The Morgan fingerprint density at radius 3 is 2.55 bits per heavy atom. The molecule has 1 amide bonds. The van der Waals surface area contributed by atoms with Gasteiger partial charge < -0.3 is 5.32 Å². The maximum atomic E-state index is 12.4. The van der Waals surface area contributed by atoms with E-state index >= 15 is 0 Å². The van der Waals surface area contributed by atoms with Gasteiger partial charge in [0.25, 0.3) is 5.91 Å². The van der Waals surface area contributed by atoms with Gasteiger partial charge in [0.15, 0.2) is 0 Å². The molecular formula is C15H21Cl2NOS. The predicted molar refractivity (Wildman–Crippen MR) is 89.3 cm³/mol. The van der Waals surface area contributed by atoms with E-state index < -0.39 is 0 Å². The molecule has 1 atom stereocenters. The summed E-state index contributed by atoms with van der Waals surface area (Å²) in [6.07, 6.45) is 2.70. The average molecular weight is 334 g/mol. The Bertz CT molecular complexity index is 471. The first-order valence-corrected chi connectivity index (χ1v) is 8.63. The summed E-state index contributed by atoms with van der Waals surface area (Å²) in [5, 5.41) is 3.52. The van der Waals surface area contributed by atoms with Crippen molar-refractivity contribution < 1.29 is 4.79 Å². The fraction of sp³-hybridized carbons (Fsp3) is 0.533. The van der Waals surface area contributed by atoms with Crippen molar-refractivity contribution >= 4 is 40.9 Å². The smallest absolute Gasteiger partial charge is 0.253 e. The Morgan fingerprint density at radius 1 is 1.40 bits per heavy atom. The molecule has 1 unspecified atom stereocenters. The summed E-state index contributed by atoms with van der Waals surface area (Å²) in [5.74, 6) is 0.372. The second-order valence-electron chi connectivity index (χ2n) is 5.72. The lowest BCUT2D eigenvalue weighted by atomic mass is 9.85. The molecule has 0 radical (unpaired) electrons. The van der Waals surface area contributed by atoms with Gasteiger partial charge in [0.05, 0.1) is 10.6 Å². The first-order chi connectivity index (χ1) is 9.29. The van der Waals surface area contributed by atoms with E-state index in [2.05, 4.69) is 26.1 Å². The minimum atomic E-state index is -0.143. The standard InChI is InChI=1S/C15H21Cl2NOS/c1-15(2,3)13(7-8-16)18-14(19)11-9-10(20-4)5-6-12(11)17/h5-6,9,13H,7-8H2,1-4H3,(H,18,19). The third-order valence-electron chi connectivity index (χ3n) is 3.17. The summed E-state index contributed by atoms with van der Waals surface area (Å²) in [6, 6.07) is 5.50. The second-order valence-corrected chi connectivity index (χ2v) is 7.38. The summed E-state index contributed by atoms with van der Waals surface area (Å²) in [6.45, 7) is 6.26. The van der Waals surface area contributed by atoms with Gasteiger partial charge in [0.1, 0.15) is 0 Å². The fourth-order valence-corrected chi connectivity index (χ4v) is 2.73. The number of thioether (sulfide) groups is 1. The van der Waals surface area contributed by atoms with Crippen molar-refractivity contribution in [2.75, 3.05) is 12.1 Å². The summed E-state index contributed by atoms with van der Waals surface area (Å²) in [4.78, 5) is 13.4. The van der Waals surface area contributed by atoms with Crippen molar-refractivity contribution in [2.24, 2.45) is 5.41 Å². The molecule has 1 aromatic carbocycles. The third-order valence-corrected chi connectivity index (χ3v) is 4.44. The maximum Gasteiger partial charge on any atom is 0.253 e. The number of amides is 1. The molecule has 1 aromatic rings. The number of rotatable bonds is 5. The van der Waals surface area contributed by atoms with Gasteiger partial charge >= 0.3 is 0 Å². The molecule has 112 valence electrons. The summed E-state index contributed by atoms with van der Waals surface area (Å²) in [7, 11) is 0. The molecular weight excluding hydrogens is 313 g/mol. The number of halogens is 2. The maximum absolute atomic E-state index is 12.4. The van der Waals surface area contributed by atoms with Crippen LogP contribution in [0.15, 0.2) is 23.1 Å². The topological polar surface area (TPSA) is 29.1 Å². The van der Waals surface area contributed by atoms with Crippen LogP contribution in [0.25, 0.3) is 0 Å². The third kappa shape index (κ3) is 4.87. The Labute approximate surface area is 135 Å². The first-order valence-electron chi connectivity index (χ1n) is 6.50. The van der Waals surface area contributed by atoms with Crippen LogP contribution in [0.3, 0.4) is 0 Å². The van der Waals surface area contributed by atoms with Gasteiger partial charge in [-0.15, -0.1) is 23.4 Å². The highest BCUT2D eigenvalue weighted by Gasteiger charge is 2.26. The van der Waals surface area contributed by atoms with Gasteiger partial charge in [0.2, 0.25) is 0 Å². The molecule has 1 N–H and O–H groups in total. The molecule has 1 rings (SSSR count). The van der Waals surface area contributed by atoms with Crippen molar-refractivity contribution in [2.45, 2.75) is 38.1 Å². The van der Waals surface area contributed by atoms with E-state index in [0.29, 0.717) is 16.5 Å². The molecule has 0 aliphatic carbocycles. The summed E-state index contributed by atoms with van der Waals surface area (Å²) in [5.41, 5.74) is 0.469. The normalized spacial score (nSPS) is 13.1. The molecule has 0 heterocycles. The van der Waals surface area contributed by atoms with Crippen LogP contribution in [-0.2, 0) is 0 Å². The minimum absolute atomic E-state index is 0.0153. The van der Waals surface area contributed by atoms with Crippen LogP contribution in [0.4, 0.5) is 0 Å². The lowest BCUT2D eigenvalue weighted by molar-refractivity contribution is 0.0900. The van der Waals surface area contributed by atoms with E-state index in [0.717, 1.165) is 11.3 Å². The number of carbonyl (C=O) groups excluding carboxylic acids is 1. The van der Waals surface area contributed by atoms with Gasteiger partial charge in [-0.05, 0) is 36.3 Å². The van der Waals surface area contributed by atoms with Crippen LogP contribution in [0.5, 0.6) is 0 Å². The van der Waals surface area contributed by atoms with Gasteiger partial charge in [-0.1, -0.05) is 32.4 Å². The summed E-state index contributed by atoms with van der Waals surface area (Å²) < 4.78 is 0. The Hall–Kier alpha value is -0.380. The quantitative estimate of drug-likeness (QED) is 0.617. The van der Waals surface area contributed by atoms with Gasteiger partial charge in [-0.25, -0.2) is 0 Å². The molecule has 0 aliphatic heterocycles. The van der Waals surface area contributed by atoms with E-state index in [1.165, 1.54) is 0 Å². The van der Waals surface area contributed by atoms with Crippen LogP contribution < -0.4 is 5.32 Å². The first kappa shape index (κ1) is 17.7. The van der Waals surface area contributed by atoms with Crippen molar-refractivity contribution in [1.82, 2.24) is 5.32 Å². The number of nitrogens with one attached hydrogen (secondary N) is 1. The highest BCUT2D eigenvalue weighted by Crippen LogP contribution is 2.26. The van der Waals surface area contributed by atoms with Crippen LogP contribution >= 0.6 is 35.0 Å². The molecule has 0 saturated carbocycles. The molecule has 0 fully saturated rings. The fourth-order valence-electron chi connectivity index (χ4n) is 1.87. The zero-order valence-electron chi connectivity index (χ0n) is 12.3. The number of carbonyl (C=O) groups is 1. The minimum Gasteiger partial charge on any atom is -0.349 e. The monoisotopic (exact) mass is 333 g/mol. The zero-order valence-corrected chi connectivity index (χ0v) is 14.6. The Morgan fingerprint density at radius 2 is 2.05 bits per heavy atom. The molecule has 0 aromatic heterocycles. The summed E-state index contributed by atoms with van der Waals surface area (Å²) >= 11 is 13.5. The van der Waals surface area contributed by atoms with E-state index in [9.17, 15) is 4.79 Å². The van der Waals surface area contributed by atoms with Crippen molar-refractivity contribution in [1.29, 1.82) is 0 Å². The van der Waals surface area contributed by atoms with E-state index in [1.54, 1.807) is 17.8 Å². The van der Waals surface area contributed by atoms with Crippen LogP contribution in [0.2, 0.25) is 5.02 Å². The van der Waals surface area contributed by atoms with Crippen LogP contribution in [0.1, 0.15) is 37.6 Å². The molecule has 0 aliphatic rings. The average Bonchev–Trinajstić information content (AvgIpc) is 2.37. The second kappa shape index (κ2) is 7.58. The van der Waals surface area contributed by atoms with Gasteiger partial charge in [-0.3, -0.25) is 4.79 Å². The number of hydrogen-bond acceptors (Lipinski definition) is 2. The van der Waals surface area contributed by atoms with Crippen molar-refractivity contribution in [3.05, 3.63) is 28.8 Å². The van der Waals surface area contributed by atoms with Crippen molar-refractivity contribution in [3.8, 4) is 0 Å². The SMILES string of the molecule is CSc1ccc(Cl)c(C(=O)NC(CCCl)C(C)(C)C)c1. The highest BCUT2D eigenvalue weighted by molar-refractivity contribution is 7.98. The zero-order chi connectivity index (χ0) is 15.3. The molecule has 0 bridgehead atoms. The highest BCUT2D eigenvalue weighted by atomic mass is 35.5. The van der Waals surface area contributed by atoms with E-state index in [-0.39, 0.29) is 17.4 Å². The molecule has 20 heavy (non-hydrogen) atoms. The molecule has 2 nitrogen and oxygen atoms in total. The van der Waals surface area contributed by atoms with Crippen molar-refractivity contribution in [3.63, 3.8) is 0 Å². The van der Waals surface area contributed by atoms with E-state index in [4.69, 9.17) is 23.2 Å². The van der Waals surface area contributed by atoms with Crippen LogP contribution in [0, 0.1) is 5.41 Å². The lowest BCUT2D eigenvalue weighted by Crippen LogP contribution is -2.44. The molecule has 0 saturated heterocycles.